The number of carbonyl (C=O) groups is 2. The third kappa shape index (κ3) is 1.78. The molecule has 1 N–H and O–H groups in total. The van der Waals surface area contributed by atoms with Crippen molar-refractivity contribution in [2.24, 2.45) is 0 Å². The summed E-state index contributed by atoms with van der Waals surface area (Å²) in [5.41, 5.74) is 2.48. The number of benzene rings is 2. The van der Waals surface area contributed by atoms with Gasteiger partial charge in [0.2, 0.25) is 0 Å². The second-order valence-electron chi connectivity index (χ2n) is 5.92. The Hall–Kier alpha value is -2.33. The predicted octanol–water partition coefficient (Wildman–Crippen LogP) is 3.60. The highest BCUT2D eigenvalue weighted by atomic mass is 35.5. The van der Waals surface area contributed by atoms with Gasteiger partial charge in [-0.1, -0.05) is 30.7 Å². The first-order valence-corrected chi connectivity index (χ1v) is 7.98. The summed E-state index contributed by atoms with van der Waals surface area (Å²) in [5, 5.41) is 3.97. The van der Waals surface area contributed by atoms with E-state index >= 15 is 0 Å². The standard InChI is InChI=1S/C18H15ClN2O2/c1-2-18(10-20-14-8-7-11(19)9-13(14)18)21-15-6-4-3-5-12(15)16(22)17(21)23/h3-9,20H,2,10H2,1H3. The van der Waals surface area contributed by atoms with E-state index in [-0.39, 0.29) is 0 Å². The number of carbonyl (C=O) groups excluding carboxylic acids is 2. The van der Waals surface area contributed by atoms with Gasteiger partial charge in [-0.2, -0.15) is 0 Å². The smallest absolute Gasteiger partial charge is 0.300 e. The van der Waals surface area contributed by atoms with Crippen LogP contribution in [0.25, 0.3) is 0 Å². The minimum atomic E-state index is -0.598. The number of ketones is 1. The number of hydrogen-bond acceptors (Lipinski definition) is 3. The Bertz CT molecular complexity index is 849. The van der Waals surface area contributed by atoms with Gasteiger partial charge in [-0.3, -0.25) is 14.5 Å². The molecule has 0 aliphatic carbocycles. The first-order valence-electron chi connectivity index (χ1n) is 7.60. The Morgan fingerprint density at radius 2 is 2.00 bits per heavy atom. The van der Waals surface area contributed by atoms with Crippen LogP contribution in [0.15, 0.2) is 42.5 Å². The molecule has 4 nitrogen and oxygen atoms in total. The van der Waals surface area contributed by atoms with E-state index in [1.807, 2.05) is 37.3 Å². The fourth-order valence-corrected chi connectivity index (χ4v) is 3.85. The van der Waals surface area contributed by atoms with E-state index in [2.05, 4.69) is 5.32 Å². The van der Waals surface area contributed by atoms with Gasteiger partial charge in [0, 0.05) is 22.8 Å². The number of rotatable bonds is 2. The second-order valence-corrected chi connectivity index (χ2v) is 6.35. The molecule has 2 heterocycles. The maximum absolute atomic E-state index is 12.7. The van der Waals surface area contributed by atoms with Crippen LogP contribution in [0.1, 0.15) is 29.3 Å². The molecule has 23 heavy (non-hydrogen) atoms. The van der Waals surface area contributed by atoms with Crippen molar-refractivity contribution in [1.82, 2.24) is 0 Å². The van der Waals surface area contributed by atoms with Crippen LogP contribution >= 0.6 is 11.6 Å². The molecule has 116 valence electrons. The average molecular weight is 327 g/mol. The van der Waals surface area contributed by atoms with Crippen LogP contribution in [-0.4, -0.2) is 18.2 Å². The summed E-state index contributed by atoms with van der Waals surface area (Å²) in [6.07, 6.45) is 0.681. The molecular formula is C18H15ClN2O2. The van der Waals surface area contributed by atoms with E-state index in [0.29, 0.717) is 29.2 Å². The van der Waals surface area contributed by atoms with Crippen LogP contribution < -0.4 is 10.2 Å². The molecule has 2 aromatic rings. The number of halogens is 1. The van der Waals surface area contributed by atoms with E-state index < -0.39 is 17.2 Å². The number of amides is 1. The summed E-state index contributed by atoms with van der Waals surface area (Å²) in [5.74, 6) is -0.911. The zero-order valence-corrected chi connectivity index (χ0v) is 13.4. The van der Waals surface area contributed by atoms with Crippen molar-refractivity contribution in [1.29, 1.82) is 0 Å². The third-order valence-corrected chi connectivity index (χ3v) is 5.09. The lowest BCUT2D eigenvalue weighted by Gasteiger charge is -2.38. The van der Waals surface area contributed by atoms with Gasteiger partial charge in [0.25, 0.3) is 11.7 Å². The topological polar surface area (TPSA) is 49.4 Å². The molecule has 2 aliphatic rings. The van der Waals surface area contributed by atoms with Gasteiger partial charge in [-0.05, 0) is 36.8 Å². The number of nitrogens with zero attached hydrogens (tertiary/aromatic N) is 1. The van der Waals surface area contributed by atoms with E-state index in [1.54, 1.807) is 17.0 Å². The van der Waals surface area contributed by atoms with Crippen molar-refractivity contribution < 1.29 is 9.59 Å². The Balaban J connectivity index is 1.95. The van der Waals surface area contributed by atoms with Crippen LogP contribution in [0.3, 0.4) is 0 Å². The van der Waals surface area contributed by atoms with Gasteiger partial charge in [0.05, 0.1) is 16.8 Å². The fraction of sp³-hybridized carbons (Fsp3) is 0.222. The van der Waals surface area contributed by atoms with Crippen LogP contribution in [-0.2, 0) is 10.3 Å². The molecule has 0 aromatic heterocycles. The average Bonchev–Trinajstić information content (AvgIpc) is 3.05. The zero-order valence-electron chi connectivity index (χ0n) is 12.6. The minimum Gasteiger partial charge on any atom is -0.382 e. The van der Waals surface area contributed by atoms with Crippen molar-refractivity contribution in [3.05, 3.63) is 58.6 Å². The molecular weight excluding hydrogens is 312 g/mol. The van der Waals surface area contributed by atoms with Crippen LogP contribution in [0.4, 0.5) is 11.4 Å². The van der Waals surface area contributed by atoms with Crippen molar-refractivity contribution in [2.45, 2.75) is 18.9 Å². The number of hydrogen-bond donors (Lipinski definition) is 1. The van der Waals surface area contributed by atoms with Gasteiger partial charge >= 0.3 is 0 Å². The molecule has 0 saturated carbocycles. The normalized spacial score (nSPS) is 22.1. The Morgan fingerprint density at radius 3 is 2.78 bits per heavy atom. The quantitative estimate of drug-likeness (QED) is 0.858. The highest BCUT2D eigenvalue weighted by molar-refractivity contribution is 6.52. The third-order valence-electron chi connectivity index (χ3n) is 4.85. The number of para-hydroxylation sites is 1. The van der Waals surface area contributed by atoms with Crippen molar-refractivity contribution in [3.8, 4) is 0 Å². The van der Waals surface area contributed by atoms with Crippen molar-refractivity contribution in [2.75, 3.05) is 16.8 Å². The van der Waals surface area contributed by atoms with E-state index in [9.17, 15) is 9.59 Å². The first-order chi connectivity index (χ1) is 11.1. The van der Waals surface area contributed by atoms with Crippen molar-refractivity contribution >= 4 is 34.7 Å². The lowest BCUT2D eigenvalue weighted by molar-refractivity contribution is -0.115. The number of nitrogens with one attached hydrogen (secondary N) is 1. The summed E-state index contributed by atoms with van der Waals surface area (Å²) in [6, 6.07) is 12.8. The Labute approximate surface area is 139 Å². The predicted molar refractivity (Wildman–Crippen MR) is 90.2 cm³/mol. The Morgan fingerprint density at radius 1 is 1.22 bits per heavy atom. The maximum Gasteiger partial charge on any atom is 0.300 e. The molecule has 1 atom stereocenters. The Kier molecular flexibility index (Phi) is 3.00. The molecule has 4 rings (SSSR count). The number of Topliss-reactive ketones (excluding diaryl/α,β-unsaturated/α-hetero) is 1. The van der Waals surface area contributed by atoms with Crippen molar-refractivity contribution in [3.63, 3.8) is 0 Å². The van der Waals surface area contributed by atoms with Crippen LogP contribution in [0.2, 0.25) is 5.02 Å². The van der Waals surface area contributed by atoms with Gasteiger partial charge in [-0.25, -0.2) is 0 Å². The molecule has 2 aliphatic heterocycles. The molecule has 0 radical (unpaired) electrons. The summed E-state index contributed by atoms with van der Waals surface area (Å²) < 4.78 is 0. The van der Waals surface area contributed by atoms with Gasteiger partial charge in [0.1, 0.15) is 0 Å². The molecule has 0 saturated heterocycles. The zero-order chi connectivity index (χ0) is 16.2. The SMILES string of the molecule is CCC1(N2C(=O)C(=O)c3ccccc32)CNc2ccc(Cl)cc21. The maximum atomic E-state index is 12.7. The number of anilines is 2. The lowest BCUT2D eigenvalue weighted by atomic mass is 9.87. The van der Waals surface area contributed by atoms with E-state index in [4.69, 9.17) is 11.6 Å². The fourth-order valence-electron chi connectivity index (χ4n) is 3.68. The highest BCUT2D eigenvalue weighted by Crippen LogP contribution is 2.47. The largest absolute Gasteiger partial charge is 0.382 e. The summed E-state index contributed by atoms with van der Waals surface area (Å²) in [7, 11) is 0. The summed E-state index contributed by atoms with van der Waals surface area (Å²) >= 11 is 6.18. The second kappa shape index (κ2) is 4.83. The molecule has 0 fully saturated rings. The van der Waals surface area contributed by atoms with Crippen LogP contribution in [0.5, 0.6) is 0 Å². The van der Waals surface area contributed by atoms with E-state index in [0.717, 1.165) is 11.3 Å². The highest BCUT2D eigenvalue weighted by Gasteiger charge is 2.51. The molecule has 5 heteroatoms. The minimum absolute atomic E-state index is 0.441. The molecule has 1 unspecified atom stereocenters. The molecule has 1 amide bonds. The molecule has 2 aromatic carbocycles. The van der Waals surface area contributed by atoms with Gasteiger partial charge < -0.3 is 5.32 Å². The van der Waals surface area contributed by atoms with E-state index in [1.165, 1.54) is 0 Å². The van der Waals surface area contributed by atoms with Crippen LogP contribution in [0, 0.1) is 0 Å². The first kappa shape index (κ1) is 14.3. The van der Waals surface area contributed by atoms with Gasteiger partial charge in [-0.15, -0.1) is 0 Å². The number of fused-ring (bicyclic) bond motifs is 2. The van der Waals surface area contributed by atoms with Gasteiger partial charge in [0.15, 0.2) is 0 Å². The molecule has 0 spiro atoms. The lowest BCUT2D eigenvalue weighted by Crippen LogP contribution is -2.50. The summed E-state index contributed by atoms with van der Waals surface area (Å²) in [4.78, 5) is 26.7. The monoisotopic (exact) mass is 326 g/mol. The molecule has 0 bridgehead atoms. The summed E-state index contributed by atoms with van der Waals surface area (Å²) in [6.45, 7) is 2.59.